The normalized spacial score (nSPS) is 11.1. The molecule has 0 aromatic heterocycles. The van der Waals surface area contributed by atoms with Crippen LogP contribution in [0.25, 0.3) is 0 Å². The lowest BCUT2D eigenvalue weighted by molar-refractivity contribution is -0.122. The first-order valence-corrected chi connectivity index (χ1v) is 7.10. The van der Waals surface area contributed by atoms with Crippen LogP contribution in [-0.2, 0) is 11.3 Å². The summed E-state index contributed by atoms with van der Waals surface area (Å²) in [6, 6.07) is 5.29. The lowest BCUT2D eigenvalue weighted by Gasteiger charge is -2.17. The molecule has 0 atom stereocenters. The number of benzene rings is 1. The van der Waals surface area contributed by atoms with Gasteiger partial charge in [0.2, 0.25) is 5.91 Å². The monoisotopic (exact) mass is 328 g/mol. The molecule has 0 heterocycles. The summed E-state index contributed by atoms with van der Waals surface area (Å²) in [7, 11) is 1.86. The van der Waals surface area contributed by atoms with Crippen molar-refractivity contribution in [3.63, 3.8) is 0 Å². The van der Waals surface area contributed by atoms with Crippen LogP contribution in [0.2, 0.25) is 0 Å². The molecule has 19 heavy (non-hydrogen) atoms. The van der Waals surface area contributed by atoms with Gasteiger partial charge in [0.25, 0.3) is 0 Å². The predicted octanol–water partition coefficient (Wildman–Crippen LogP) is 2.36. The maximum Gasteiger partial charge on any atom is 0.234 e. The van der Waals surface area contributed by atoms with Gasteiger partial charge in [0.15, 0.2) is 0 Å². The third-order valence-corrected chi connectivity index (χ3v) is 3.10. The van der Waals surface area contributed by atoms with E-state index in [-0.39, 0.29) is 11.7 Å². The number of nitrogens with zero attached hydrogens (tertiary/aromatic N) is 1. The number of carbonyl (C=O) groups is 1. The fraction of sp³-hybridized carbons (Fsp3) is 0.500. The molecule has 0 fully saturated rings. The minimum Gasteiger partial charge on any atom is -0.508 e. The van der Waals surface area contributed by atoms with E-state index in [1.807, 2.05) is 18.0 Å². The second-order valence-electron chi connectivity index (χ2n) is 5.14. The van der Waals surface area contributed by atoms with Crippen molar-refractivity contribution in [2.75, 3.05) is 20.1 Å². The van der Waals surface area contributed by atoms with Gasteiger partial charge in [0.05, 0.1) is 6.54 Å². The number of halogens is 1. The van der Waals surface area contributed by atoms with Crippen molar-refractivity contribution in [3.05, 3.63) is 28.2 Å². The number of carbonyl (C=O) groups excluding carboxylic acids is 1. The van der Waals surface area contributed by atoms with E-state index in [0.29, 0.717) is 25.6 Å². The van der Waals surface area contributed by atoms with E-state index in [1.165, 1.54) is 0 Å². The summed E-state index contributed by atoms with van der Waals surface area (Å²) in [6.07, 6.45) is 0. The molecule has 1 amide bonds. The summed E-state index contributed by atoms with van der Waals surface area (Å²) >= 11 is 3.37. The smallest absolute Gasteiger partial charge is 0.234 e. The van der Waals surface area contributed by atoms with Gasteiger partial charge in [-0.1, -0.05) is 29.8 Å². The number of phenolic OH excluding ortho intramolecular Hbond substituents is 1. The summed E-state index contributed by atoms with van der Waals surface area (Å²) in [5.74, 6) is 0.701. The SMILES string of the molecule is CC(C)CNC(=O)CN(C)Cc1cc(Br)ccc1O. The first-order chi connectivity index (χ1) is 8.88. The van der Waals surface area contributed by atoms with Crippen LogP contribution in [0.4, 0.5) is 0 Å². The third kappa shape index (κ3) is 6.07. The Labute approximate surface area is 122 Å². The van der Waals surface area contributed by atoms with Gasteiger partial charge in [-0.3, -0.25) is 9.69 Å². The Balaban J connectivity index is 2.48. The number of nitrogens with one attached hydrogen (secondary N) is 1. The van der Waals surface area contributed by atoms with Crippen LogP contribution in [-0.4, -0.2) is 36.1 Å². The van der Waals surface area contributed by atoms with Crippen molar-refractivity contribution in [2.45, 2.75) is 20.4 Å². The van der Waals surface area contributed by atoms with Gasteiger partial charge in [-0.2, -0.15) is 0 Å². The molecule has 0 radical (unpaired) electrons. The molecule has 0 saturated carbocycles. The Morgan fingerprint density at radius 2 is 2.16 bits per heavy atom. The molecule has 106 valence electrons. The number of rotatable bonds is 6. The van der Waals surface area contributed by atoms with Gasteiger partial charge in [0.1, 0.15) is 5.75 Å². The van der Waals surface area contributed by atoms with E-state index in [4.69, 9.17) is 0 Å². The van der Waals surface area contributed by atoms with Crippen molar-refractivity contribution in [2.24, 2.45) is 5.92 Å². The fourth-order valence-electron chi connectivity index (χ4n) is 1.65. The van der Waals surface area contributed by atoms with Crippen LogP contribution >= 0.6 is 15.9 Å². The number of phenols is 1. The zero-order chi connectivity index (χ0) is 14.4. The number of hydrogen-bond donors (Lipinski definition) is 2. The number of aromatic hydroxyl groups is 1. The van der Waals surface area contributed by atoms with E-state index >= 15 is 0 Å². The molecule has 1 aromatic rings. The van der Waals surface area contributed by atoms with Crippen molar-refractivity contribution < 1.29 is 9.90 Å². The molecule has 0 unspecified atom stereocenters. The van der Waals surface area contributed by atoms with Crippen LogP contribution in [0.15, 0.2) is 22.7 Å². The molecule has 0 bridgehead atoms. The van der Waals surface area contributed by atoms with Gasteiger partial charge in [-0.15, -0.1) is 0 Å². The zero-order valence-electron chi connectivity index (χ0n) is 11.6. The highest BCUT2D eigenvalue weighted by molar-refractivity contribution is 9.10. The molecule has 0 aliphatic heterocycles. The van der Waals surface area contributed by atoms with E-state index in [9.17, 15) is 9.90 Å². The predicted molar refractivity (Wildman–Crippen MR) is 80.0 cm³/mol. The number of amides is 1. The Bertz CT molecular complexity index is 435. The van der Waals surface area contributed by atoms with Gasteiger partial charge in [0, 0.05) is 23.1 Å². The van der Waals surface area contributed by atoms with Crippen molar-refractivity contribution in [1.82, 2.24) is 10.2 Å². The molecule has 0 aliphatic rings. The highest BCUT2D eigenvalue weighted by Gasteiger charge is 2.10. The third-order valence-electron chi connectivity index (χ3n) is 2.60. The second kappa shape index (κ2) is 7.50. The van der Waals surface area contributed by atoms with Crippen LogP contribution < -0.4 is 5.32 Å². The van der Waals surface area contributed by atoms with E-state index in [2.05, 4.69) is 35.1 Å². The maximum atomic E-state index is 11.7. The minimum atomic E-state index is 0.00527. The van der Waals surface area contributed by atoms with Crippen molar-refractivity contribution in [1.29, 1.82) is 0 Å². The Morgan fingerprint density at radius 3 is 2.79 bits per heavy atom. The van der Waals surface area contributed by atoms with E-state index < -0.39 is 0 Å². The van der Waals surface area contributed by atoms with Gasteiger partial charge in [-0.25, -0.2) is 0 Å². The van der Waals surface area contributed by atoms with Crippen LogP contribution in [0, 0.1) is 5.92 Å². The first kappa shape index (κ1) is 16.0. The minimum absolute atomic E-state index is 0.00527. The first-order valence-electron chi connectivity index (χ1n) is 6.31. The highest BCUT2D eigenvalue weighted by Crippen LogP contribution is 2.22. The molecule has 5 heteroatoms. The van der Waals surface area contributed by atoms with E-state index in [0.717, 1.165) is 10.0 Å². The summed E-state index contributed by atoms with van der Waals surface area (Å²) in [5, 5.41) is 12.6. The molecular formula is C14H21BrN2O2. The maximum absolute atomic E-state index is 11.7. The van der Waals surface area contributed by atoms with E-state index in [1.54, 1.807) is 12.1 Å². The number of hydrogen-bond acceptors (Lipinski definition) is 3. The topological polar surface area (TPSA) is 52.6 Å². The van der Waals surface area contributed by atoms with Gasteiger partial charge < -0.3 is 10.4 Å². The molecule has 2 N–H and O–H groups in total. The standard InChI is InChI=1S/C14H21BrN2O2/c1-10(2)7-16-14(19)9-17(3)8-11-6-12(15)4-5-13(11)18/h4-6,10,18H,7-9H2,1-3H3,(H,16,19). The molecule has 0 aliphatic carbocycles. The Morgan fingerprint density at radius 1 is 1.47 bits per heavy atom. The molecule has 4 nitrogen and oxygen atoms in total. The van der Waals surface area contributed by atoms with Crippen LogP contribution in [0.1, 0.15) is 19.4 Å². The van der Waals surface area contributed by atoms with Crippen LogP contribution in [0.3, 0.4) is 0 Å². The molecule has 0 spiro atoms. The average Bonchev–Trinajstić information content (AvgIpc) is 2.31. The number of likely N-dealkylation sites (N-methyl/N-ethyl adjacent to an activating group) is 1. The van der Waals surface area contributed by atoms with Crippen LogP contribution in [0.5, 0.6) is 5.75 Å². The zero-order valence-corrected chi connectivity index (χ0v) is 13.2. The van der Waals surface area contributed by atoms with Gasteiger partial charge in [-0.05, 0) is 31.2 Å². The molecule has 0 saturated heterocycles. The van der Waals surface area contributed by atoms with Gasteiger partial charge >= 0.3 is 0 Å². The quantitative estimate of drug-likeness (QED) is 0.842. The van der Waals surface area contributed by atoms with Crippen molar-refractivity contribution >= 4 is 21.8 Å². The summed E-state index contributed by atoms with van der Waals surface area (Å²) < 4.78 is 0.915. The lowest BCUT2D eigenvalue weighted by Crippen LogP contribution is -2.36. The Kier molecular flexibility index (Phi) is 6.31. The largest absolute Gasteiger partial charge is 0.508 e. The summed E-state index contributed by atoms with van der Waals surface area (Å²) in [4.78, 5) is 13.5. The molecular weight excluding hydrogens is 308 g/mol. The summed E-state index contributed by atoms with van der Waals surface area (Å²) in [5.41, 5.74) is 0.800. The second-order valence-corrected chi connectivity index (χ2v) is 6.06. The molecule has 1 aromatic carbocycles. The molecule has 1 rings (SSSR count). The average molecular weight is 329 g/mol. The fourth-order valence-corrected chi connectivity index (χ4v) is 2.05. The highest BCUT2D eigenvalue weighted by atomic mass is 79.9. The summed E-state index contributed by atoms with van der Waals surface area (Å²) in [6.45, 7) is 5.65. The Hall–Kier alpha value is -1.07. The van der Waals surface area contributed by atoms with Crippen molar-refractivity contribution in [3.8, 4) is 5.75 Å². The lowest BCUT2D eigenvalue weighted by atomic mass is 10.2.